The zero-order chi connectivity index (χ0) is 16.5. The molecular formula is C16H11N5O2S. The lowest BCUT2D eigenvalue weighted by Crippen LogP contribution is -2.01. The van der Waals surface area contributed by atoms with E-state index in [-0.39, 0.29) is 5.69 Å². The Kier molecular flexibility index (Phi) is 3.51. The summed E-state index contributed by atoms with van der Waals surface area (Å²) in [7, 11) is 0. The third kappa shape index (κ3) is 2.63. The molecule has 0 amide bonds. The number of nitro benzene ring substituents is 1. The number of benzene rings is 1. The number of hydrogen-bond donors (Lipinski definition) is 0. The van der Waals surface area contributed by atoms with E-state index in [1.165, 1.54) is 12.1 Å². The highest BCUT2D eigenvalue weighted by atomic mass is 32.1. The summed E-state index contributed by atoms with van der Waals surface area (Å²) in [5.74, 6) is 0.692. The first-order valence-corrected chi connectivity index (χ1v) is 8.07. The van der Waals surface area contributed by atoms with Crippen LogP contribution in [0.4, 0.5) is 5.69 Å². The molecule has 3 heterocycles. The summed E-state index contributed by atoms with van der Waals surface area (Å²) in [5, 5.41) is 25.7. The van der Waals surface area contributed by atoms with Gasteiger partial charge in [0.05, 0.1) is 9.80 Å². The summed E-state index contributed by atoms with van der Waals surface area (Å²) in [5.41, 5.74) is 2.52. The topological polar surface area (TPSA) is 86.2 Å². The summed E-state index contributed by atoms with van der Waals surface area (Å²) in [6, 6.07) is 14.2. The van der Waals surface area contributed by atoms with Gasteiger partial charge in [-0.25, -0.2) is 0 Å². The van der Waals surface area contributed by atoms with E-state index >= 15 is 0 Å². The van der Waals surface area contributed by atoms with E-state index in [2.05, 4.69) is 15.3 Å². The number of rotatable bonds is 4. The normalized spacial score (nSPS) is 11.0. The van der Waals surface area contributed by atoms with Gasteiger partial charge in [-0.1, -0.05) is 18.2 Å². The van der Waals surface area contributed by atoms with Crippen LogP contribution in [-0.2, 0) is 6.42 Å². The van der Waals surface area contributed by atoms with Gasteiger partial charge in [-0.05, 0) is 29.1 Å². The predicted octanol–water partition coefficient (Wildman–Crippen LogP) is 3.35. The van der Waals surface area contributed by atoms with E-state index in [4.69, 9.17) is 0 Å². The molecule has 118 valence electrons. The number of non-ortho nitro benzene ring substituents is 1. The van der Waals surface area contributed by atoms with Crippen molar-refractivity contribution < 1.29 is 4.92 Å². The SMILES string of the molecule is O=[N+]([O-])c1ccc(Cc2nnc3ccc(-c4cccs4)nn23)cc1. The molecule has 0 bridgehead atoms. The Bertz CT molecular complexity index is 1010. The molecule has 4 aromatic rings. The summed E-state index contributed by atoms with van der Waals surface area (Å²) in [6.07, 6.45) is 0.500. The molecular weight excluding hydrogens is 326 g/mol. The van der Waals surface area contributed by atoms with Crippen molar-refractivity contribution in [2.24, 2.45) is 0 Å². The smallest absolute Gasteiger partial charge is 0.258 e. The third-order valence-corrected chi connectivity index (χ3v) is 4.50. The third-order valence-electron chi connectivity index (χ3n) is 3.61. The van der Waals surface area contributed by atoms with Gasteiger partial charge in [-0.15, -0.1) is 21.5 Å². The van der Waals surface area contributed by atoms with Gasteiger partial charge >= 0.3 is 0 Å². The second-order valence-electron chi connectivity index (χ2n) is 5.18. The quantitative estimate of drug-likeness (QED) is 0.421. The Morgan fingerprint density at radius 2 is 1.92 bits per heavy atom. The van der Waals surface area contributed by atoms with Crippen LogP contribution in [0.1, 0.15) is 11.4 Å². The highest BCUT2D eigenvalue weighted by Crippen LogP contribution is 2.23. The van der Waals surface area contributed by atoms with Gasteiger partial charge in [0.25, 0.3) is 5.69 Å². The van der Waals surface area contributed by atoms with Gasteiger partial charge < -0.3 is 0 Å². The molecule has 0 spiro atoms. The highest BCUT2D eigenvalue weighted by molar-refractivity contribution is 7.13. The molecule has 0 radical (unpaired) electrons. The molecule has 3 aromatic heterocycles. The van der Waals surface area contributed by atoms with Gasteiger partial charge in [-0.2, -0.15) is 9.61 Å². The van der Waals surface area contributed by atoms with Crippen molar-refractivity contribution in [3.05, 3.63) is 75.4 Å². The van der Waals surface area contributed by atoms with Gasteiger partial charge in [0.15, 0.2) is 11.5 Å². The standard InChI is InChI=1S/C16H11N5O2S/c22-21(23)12-5-3-11(4-6-12)10-16-18-17-15-8-7-13(19-20(15)16)14-2-1-9-24-14/h1-9H,10H2. The second kappa shape index (κ2) is 5.82. The molecule has 0 aliphatic rings. The van der Waals surface area contributed by atoms with Crippen molar-refractivity contribution in [3.63, 3.8) is 0 Å². The summed E-state index contributed by atoms with van der Waals surface area (Å²) < 4.78 is 1.72. The van der Waals surface area contributed by atoms with Crippen LogP contribution in [0.5, 0.6) is 0 Å². The number of thiophene rings is 1. The van der Waals surface area contributed by atoms with Crippen LogP contribution in [0.15, 0.2) is 53.9 Å². The average Bonchev–Trinajstić information content (AvgIpc) is 3.25. The fourth-order valence-corrected chi connectivity index (χ4v) is 3.11. The van der Waals surface area contributed by atoms with Crippen LogP contribution >= 0.6 is 11.3 Å². The van der Waals surface area contributed by atoms with Crippen LogP contribution < -0.4 is 0 Å². The Hall–Kier alpha value is -3.13. The van der Waals surface area contributed by atoms with Crippen molar-refractivity contribution in [2.45, 2.75) is 6.42 Å². The van der Waals surface area contributed by atoms with Crippen molar-refractivity contribution in [2.75, 3.05) is 0 Å². The van der Waals surface area contributed by atoms with Crippen molar-refractivity contribution in [1.82, 2.24) is 19.8 Å². The van der Waals surface area contributed by atoms with E-state index < -0.39 is 4.92 Å². The summed E-state index contributed by atoms with van der Waals surface area (Å²) >= 11 is 1.62. The molecule has 0 fully saturated rings. The Morgan fingerprint density at radius 1 is 1.08 bits per heavy atom. The molecule has 24 heavy (non-hydrogen) atoms. The van der Waals surface area contributed by atoms with E-state index in [9.17, 15) is 10.1 Å². The van der Waals surface area contributed by atoms with Crippen molar-refractivity contribution in [3.8, 4) is 10.6 Å². The van der Waals surface area contributed by atoms with Gasteiger partial charge in [0.2, 0.25) is 0 Å². The molecule has 1 aromatic carbocycles. The van der Waals surface area contributed by atoms with Gasteiger partial charge in [-0.3, -0.25) is 10.1 Å². The van der Waals surface area contributed by atoms with Crippen LogP contribution in [0.3, 0.4) is 0 Å². The van der Waals surface area contributed by atoms with Crippen molar-refractivity contribution >= 4 is 22.7 Å². The largest absolute Gasteiger partial charge is 0.269 e. The fourth-order valence-electron chi connectivity index (χ4n) is 2.42. The van der Waals surface area contributed by atoms with Crippen LogP contribution in [0.2, 0.25) is 0 Å². The number of hydrogen-bond acceptors (Lipinski definition) is 6. The lowest BCUT2D eigenvalue weighted by atomic mass is 10.1. The molecule has 0 saturated heterocycles. The maximum absolute atomic E-state index is 10.7. The first-order valence-electron chi connectivity index (χ1n) is 7.19. The minimum atomic E-state index is -0.412. The monoisotopic (exact) mass is 337 g/mol. The zero-order valence-electron chi connectivity index (χ0n) is 12.4. The van der Waals surface area contributed by atoms with Crippen molar-refractivity contribution in [1.29, 1.82) is 0 Å². The molecule has 0 saturated carbocycles. The number of nitrogens with zero attached hydrogens (tertiary/aromatic N) is 5. The lowest BCUT2D eigenvalue weighted by molar-refractivity contribution is -0.384. The number of nitro groups is 1. The zero-order valence-corrected chi connectivity index (χ0v) is 13.2. The van der Waals surface area contributed by atoms with E-state index in [0.29, 0.717) is 17.9 Å². The van der Waals surface area contributed by atoms with Crippen LogP contribution in [-0.4, -0.2) is 24.7 Å². The highest BCUT2D eigenvalue weighted by Gasteiger charge is 2.11. The molecule has 4 rings (SSSR count). The number of fused-ring (bicyclic) bond motifs is 1. The Morgan fingerprint density at radius 3 is 2.62 bits per heavy atom. The molecule has 7 nitrogen and oxygen atoms in total. The minimum Gasteiger partial charge on any atom is -0.258 e. The summed E-state index contributed by atoms with van der Waals surface area (Å²) in [4.78, 5) is 11.4. The van der Waals surface area contributed by atoms with Gasteiger partial charge in [0.1, 0.15) is 5.69 Å². The summed E-state index contributed by atoms with van der Waals surface area (Å²) in [6.45, 7) is 0. The maximum Gasteiger partial charge on any atom is 0.269 e. The molecule has 0 aliphatic heterocycles. The van der Waals surface area contributed by atoms with E-state index in [1.807, 2.05) is 29.6 Å². The molecule has 0 aliphatic carbocycles. The fraction of sp³-hybridized carbons (Fsp3) is 0.0625. The first-order chi connectivity index (χ1) is 11.7. The van der Waals surface area contributed by atoms with Crippen LogP contribution in [0, 0.1) is 10.1 Å². The molecule has 0 atom stereocenters. The number of aromatic nitrogens is 4. The maximum atomic E-state index is 10.7. The van der Waals surface area contributed by atoms with Crippen LogP contribution in [0.25, 0.3) is 16.2 Å². The minimum absolute atomic E-state index is 0.0722. The average molecular weight is 337 g/mol. The first kappa shape index (κ1) is 14.5. The van der Waals surface area contributed by atoms with E-state index in [0.717, 1.165) is 16.1 Å². The second-order valence-corrected chi connectivity index (χ2v) is 6.13. The molecule has 0 unspecified atom stereocenters. The predicted molar refractivity (Wildman–Crippen MR) is 90.0 cm³/mol. The van der Waals surface area contributed by atoms with Gasteiger partial charge in [0, 0.05) is 18.6 Å². The molecule has 0 N–H and O–H groups in total. The van der Waals surface area contributed by atoms with E-state index in [1.54, 1.807) is 28.0 Å². The Labute approximate surface area is 140 Å². The Balaban J connectivity index is 1.68. The molecule has 8 heteroatoms. The lowest BCUT2D eigenvalue weighted by Gasteiger charge is -2.02.